The molecule has 4 rings (SSSR count). The molecule has 3 N–H and O–H groups in total. The number of aromatic nitrogens is 3. The number of para-hydroxylation sites is 1. The molecule has 0 aliphatic carbocycles. The topological polar surface area (TPSA) is 144 Å². The van der Waals surface area contributed by atoms with E-state index in [0.717, 1.165) is 0 Å². The van der Waals surface area contributed by atoms with E-state index in [-0.39, 0.29) is 17.9 Å². The Bertz CT molecular complexity index is 1250. The molecule has 2 heterocycles. The summed E-state index contributed by atoms with van der Waals surface area (Å²) in [6.07, 6.45) is 0.894. The number of ether oxygens (including phenoxy) is 1. The van der Waals surface area contributed by atoms with Crippen molar-refractivity contribution in [2.75, 3.05) is 24.4 Å². The quantitative estimate of drug-likeness (QED) is 0.341. The summed E-state index contributed by atoms with van der Waals surface area (Å²) in [6.45, 7) is 1.70. The molecule has 11 nitrogen and oxygen atoms in total. The maximum absolute atomic E-state index is 13.5. The average Bonchev–Trinajstić information content (AvgIpc) is 3.24. The van der Waals surface area contributed by atoms with Crippen LogP contribution in [0.3, 0.4) is 0 Å². The molecular formula is C23H24N6O5. The zero-order valence-corrected chi connectivity index (χ0v) is 18.7. The van der Waals surface area contributed by atoms with Gasteiger partial charge in [0.2, 0.25) is 5.95 Å². The lowest BCUT2D eigenvalue weighted by molar-refractivity contribution is -0.385. The Hall–Kier alpha value is -4.25. The van der Waals surface area contributed by atoms with Crippen LogP contribution in [-0.2, 0) is 11.2 Å². The number of aryl methyl sites for hydroxylation is 1. The number of amides is 1. The van der Waals surface area contributed by atoms with Gasteiger partial charge in [-0.2, -0.15) is 10.1 Å². The number of aliphatic hydroxyl groups excluding tert-OH is 1. The highest BCUT2D eigenvalue weighted by Crippen LogP contribution is 2.39. The monoisotopic (exact) mass is 464 g/mol. The summed E-state index contributed by atoms with van der Waals surface area (Å²) >= 11 is 0. The number of carbonyl (C=O) groups is 1. The van der Waals surface area contributed by atoms with E-state index in [0.29, 0.717) is 47.3 Å². The Morgan fingerprint density at radius 3 is 2.68 bits per heavy atom. The summed E-state index contributed by atoms with van der Waals surface area (Å²) in [5.41, 5.74) is 1.50. The average molecular weight is 464 g/mol. The van der Waals surface area contributed by atoms with Gasteiger partial charge >= 0.3 is 0 Å². The van der Waals surface area contributed by atoms with Gasteiger partial charge in [-0.1, -0.05) is 12.1 Å². The Labute approximate surface area is 195 Å². The predicted octanol–water partition coefficient (Wildman–Crippen LogP) is 3.05. The standard InChI is InChI=1S/C23H24N6O5/c1-14-20(22(31)25-15-9-11-16(34-2)12-10-15)21(17-6-3-4-7-18(17)29(32)33)28-23(24-14)26-19(27-28)8-5-13-30/h3-4,6-7,9-12,21,30H,5,8,13H2,1-2H3,(H,25,31)(H,24,26,27). The highest BCUT2D eigenvalue weighted by Gasteiger charge is 2.37. The van der Waals surface area contributed by atoms with E-state index in [1.54, 1.807) is 56.5 Å². The molecule has 0 radical (unpaired) electrons. The van der Waals surface area contributed by atoms with Gasteiger partial charge in [-0.15, -0.1) is 0 Å². The molecule has 176 valence electrons. The maximum Gasteiger partial charge on any atom is 0.275 e. The van der Waals surface area contributed by atoms with Crippen molar-refractivity contribution < 1.29 is 19.6 Å². The molecule has 1 aliphatic heterocycles. The smallest absolute Gasteiger partial charge is 0.275 e. The summed E-state index contributed by atoms with van der Waals surface area (Å²) in [7, 11) is 1.55. The van der Waals surface area contributed by atoms with Crippen molar-refractivity contribution in [2.24, 2.45) is 0 Å². The number of allylic oxidation sites excluding steroid dienone is 1. The molecule has 34 heavy (non-hydrogen) atoms. The van der Waals surface area contributed by atoms with Crippen molar-refractivity contribution in [1.82, 2.24) is 14.8 Å². The summed E-state index contributed by atoms with van der Waals surface area (Å²) < 4.78 is 6.65. The lowest BCUT2D eigenvalue weighted by Gasteiger charge is -2.28. The number of nitrogens with zero attached hydrogens (tertiary/aromatic N) is 4. The molecule has 0 bridgehead atoms. The molecule has 3 aromatic rings. The molecule has 11 heteroatoms. The number of methoxy groups -OCH3 is 1. The van der Waals surface area contributed by atoms with E-state index >= 15 is 0 Å². The molecule has 0 fully saturated rings. The fourth-order valence-corrected chi connectivity index (χ4v) is 3.88. The molecule has 1 unspecified atom stereocenters. The van der Waals surface area contributed by atoms with Gasteiger partial charge in [-0.25, -0.2) is 4.68 Å². The minimum Gasteiger partial charge on any atom is -0.497 e. The molecule has 2 aromatic carbocycles. The number of nitro groups is 1. The van der Waals surface area contributed by atoms with E-state index in [4.69, 9.17) is 9.84 Å². The van der Waals surface area contributed by atoms with Crippen LogP contribution in [0.15, 0.2) is 59.8 Å². The number of fused-ring (bicyclic) bond motifs is 1. The second-order valence-electron chi connectivity index (χ2n) is 7.69. The van der Waals surface area contributed by atoms with Gasteiger partial charge in [0.05, 0.1) is 23.2 Å². The first-order valence-electron chi connectivity index (χ1n) is 10.7. The van der Waals surface area contributed by atoms with Gasteiger partial charge in [-0.3, -0.25) is 14.9 Å². The van der Waals surface area contributed by atoms with Crippen molar-refractivity contribution in [2.45, 2.75) is 25.8 Å². The second kappa shape index (κ2) is 9.71. The van der Waals surface area contributed by atoms with Crippen LogP contribution in [0.5, 0.6) is 5.75 Å². The Balaban J connectivity index is 1.79. The zero-order chi connectivity index (χ0) is 24.2. The van der Waals surface area contributed by atoms with Gasteiger partial charge in [0.1, 0.15) is 11.8 Å². The highest BCUT2D eigenvalue weighted by atomic mass is 16.6. The number of hydrogen-bond donors (Lipinski definition) is 3. The van der Waals surface area contributed by atoms with Crippen molar-refractivity contribution in [3.63, 3.8) is 0 Å². The molecule has 0 spiro atoms. The van der Waals surface area contributed by atoms with Gasteiger partial charge in [0.15, 0.2) is 5.82 Å². The van der Waals surface area contributed by atoms with Crippen LogP contribution in [0.25, 0.3) is 0 Å². The lowest BCUT2D eigenvalue weighted by atomic mass is 9.93. The minimum absolute atomic E-state index is 0.0162. The van der Waals surface area contributed by atoms with E-state index in [2.05, 4.69) is 20.7 Å². The molecule has 1 aliphatic rings. The normalized spacial score (nSPS) is 14.9. The fraction of sp³-hybridized carbons (Fsp3) is 0.261. The van der Waals surface area contributed by atoms with Crippen LogP contribution in [0.4, 0.5) is 17.3 Å². The van der Waals surface area contributed by atoms with Crippen LogP contribution in [-0.4, -0.2) is 44.4 Å². The number of anilines is 2. The van der Waals surface area contributed by atoms with Gasteiger partial charge in [0, 0.05) is 30.5 Å². The molecule has 0 saturated carbocycles. The number of benzene rings is 2. The third-order valence-electron chi connectivity index (χ3n) is 5.48. The molecule has 1 atom stereocenters. The van der Waals surface area contributed by atoms with Crippen LogP contribution in [0.2, 0.25) is 0 Å². The SMILES string of the molecule is COc1ccc(NC(=O)C2=C(C)Nc3nc(CCCO)nn3C2c2ccccc2[N+](=O)[O-])cc1. The van der Waals surface area contributed by atoms with Crippen molar-refractivity contribution in [3.8, 4) is 5.75 Å². The van der Waals surface area contributed by atoms with E-state index in [1.165, 1.54) is 10.7 Å². The summed E-state index contributed by atoms with van der Waals surface area (Å²) in [4.78, 5) is 29.3. The third-order valence-corrected chi connectivity index (χ3v) is 5.48. The second-order valence-corrected chi connectivity index (χ2v) is 7.69. The predicted molar refractivity (Wildman–Crippen MR) is 125 cm³/mol. The van der Waals surface area contributed by atoms with Crippen LogP contribution in [0.1, 0.15) is 30.8 Å². The van der Waals surface area contributed by atoms with E-state index in [1.807, 2.05) is 0 Å². The number of hydrogen-bond acceptors (Lipinski definition) is 8. The first kappa shape index (κ1) is 22.9. The van der Waals surface area contributed by atoms with Crippen molar-refractivity contribution in [1.29, 1.82) is 0 Å². The third kappa shape index (κ3) is 4.46. The number of nitrogens with one attached hydrogen (secondary N) is 2. The molecule has 0 saturated heterocycles. The lowest BCUT2D eigenvalue weighted by Crippen LogP contribution is -2.32. The van der Waals surface area contributed by atoms with E-state index in [9.17, 15) is 14.9 Å². The van der Waals surface area contributed by atoms with Gasteiger partial charge in [0.25, 0.3) is 11.6 Å². The van der Waals surface area contributed by atoms with Crippen LogP contribution < -0.4 is 15.4 Å². The Kier molecular flexibility index (Phi) is 6.55. The van der Waals surface area contributed by atoms with Gasteiger partial charge in [-0.05, 0) is 43.7 Å². The number of rotatable bonds is 8. The maximum atomic E-state index is 13.5. The first-order valence-corrected chi connectivity index (χ1v) is 10.7. The van der Waals surface area contributed by atoms with Crippen LogP contribution >= 0.6 is 0 Å². The highest BCUT2D eigenvalue weighted by molar-refractivity contribution is 6.06. The van der Waals surface area contributed by atoms with E-state index < -0.39 is 16.9 Å². The van der Waals surface area contributed by atoms with Crippen LogP contribution in [0, 0.1) is 10.1 Å². The first-order chi connectivity index (χ1) is 16.4. The Morgan fingerprint density at radius 1 is 1.26 bits per heavy atom. The number of carbonyl (C=O) groups excluding carboxylic acids is 1. The van der Waals surface area contributed by atoms with Crippen molar-refractivity contribution >= 4 is 23.2 Å². The van der Waals surface area contributed by atoms with Crippen molar-refractivity contribution in [3.05, 3.63) is 81.3 Å². The number of nitro benzene ring substituents is 1. The largest absolute Gasteiger partial charge is 0.497 e. The Morgan fingerprint density at radius 2 is 2.00 bits per heavy atom. The minimum atomic E-state index is -0.883. The summed E-state index contributed by atoms with van der Waals surface area (Å²) in [6, 6.07) is 12.2. The zero-order valence-electron chi connectivity index (χ0n) is 18.7. The fourth-order valence-electron chi connectivity index (χ4n) is 3.88. The summed E-state index contributed by atoms with van der Waals surface area (Å²) in [5.74, 6) is 1.05. The van der Waals surface area contributed by atoms with Gasteiger partial charge < -0.3 is 20.5 Å². The number of aliphatic hydroxyl groups is 1. The molecule has 1 amide bonds. The molecular weight excluding hydrogens is 440 g/mol. The summed E-state index contributed by atoms with van der Waals surface area (Å²) in [5, 5.41) is 31.5. The molecule has 1 aromatic heterocycles.